The van der Waals surface area contributed by atoms with Gasteiger partial charge in [0.2, 0.25) is 0 Å². The first-order valence-electron chi connectivity index (χ1n) is 37.6. The second-order valence-electron chi connectivity index (χ2n) is 27.6. The minimum atomic E-state index is -2.47. The van der Waals surface area contributed by atoms with Gasteiger partial charge in [0.25, 0.3) is 0 Å². The molecule has 5 aliphatic heterocycles. The normalized spacial score (nSPS) is 29.9. The van der Waals surface area contributed by atoms with Crippen molar-refractivity contribution < 1.29 is 200 Å². The maximum atomic E-state index is 15.4. The molecule has 3 aromatic carbocycles. The number of ether oxygens (including phenoxy) is 26. The first-order chi connectivity index (χ1) is 57.3. The third kappa shape index (κ3) is 27.9. The first-order valence-corrected chi connectivity index (χ1v) is 37.6. The van der Waals surface area contributed by atoms with Gasteiger partial charge in [0, 0.05) is 96.9 Å². The molecule has 5 fully saturated rings. The summed E-state index contributed by atoms with van der Waals surface area (Å²) < 4.78 is 159. The Labute approximate surface area is 690 Å². The van der Waals surface area contributed by atoms with Crippen LogP contribution in [0.15, 0.2) is 91.0 Å². The van der Waals surface area contributed by atoms with Crippen molar-refractivity contribution in [2.75, 3.05) is 33.0 Å². The molecule has 662 valence electrons. The molecule has 0 aromatic heterocycles. The van der Waals surface area contributed by atoms with Crippen LogP contribution >= 0.6 is 0 Å². The molecule has 0 N–H and O–H groups in total. The number of carbonyl (C=O) groups is 16. The van der Waals surface area contributed by atoms with E-state index in [1.165, 1.54) is 54.6 Å². The number of esters is 16. The Morgan fingerprint density at radius 3 is 0.760 bits per heavy atom. The molecule has 0 bridgehead atoms. The van der Waals surface area contributed by atoms with E-state index in [0.717, 1.165) is 96.9 Å². The van der Waals surface area contributed by atoms with Crippen molar-refractivity contribution in [1.82, 2.24) is 0 Å². The van der Waals surface area contributed by atoms with E-state index in [-0.39, 0.29) is 11.1 Å². The quantitative estimate of drug-likeness (QED) is 0.0609. The van der Waals surface area contributed by atoms with E-state index in [0.29, 0.717) is 5.56 Å². The van der Waals surface area contributed by atoms with Crippen LogP contribution in [0, 0.1) is 0 Å². The number of benzene rings is 3. The summed E-state index contributed by atoms with van der Waals surface area (Å²) in [6.45, 7) is 8.02. The average molecular weight is 1720 g/mol. The monoisotopic (exact) mass is 1710 g/mol. The van der Waals surface area contributed by atoms with Gasteiger partial charge in [-0.15, -0.1) is 0 Å². The summed E-state index contributed by atoms with van der Waals surface area (Å²) in [6.07, 6.45) is -52.2. The average Bonchev–Trinajstić information content (AvgIpc) is 0.761. The maximum Gasteiger partial charge on any atom is 0.338 e. The molecule has 0 saturated carbocycles. The zero-order chi connectivity index (χ0) is 88.6. The Hall–Kier alpha value is -11.2. The Morgan fingerprint density at radius 1 is 0.223 bits per heavy atom. The van der Waals surface area contributed by atoms with Gasteiger partial charge in [-0.05, 0) is 29.8 Å². The van der Waals surface area contributed by atoms with Crippen molar-refractivity contribution >= 4 is 95.5 Å². The molecule has 0 amide bonds. The van der Waals surface area contributed by atoms with Crippen molar-refractivity contribution in [1.29, 1.82) is 0 Å². The summed E-state index contributed by atoms with van der Waals surface area (Å²) >= 11 is 0. The van der Waals surface area contributed by atoms with Crippen LogP contribution in [0.25, 0.3) is 0 Å². The number of carbonyl (C=O) groups excluding carboxylic acids is 16. The molecule has 8 rings (SSSR count). The van der Waals surface area contributed by atoms with Gasteiger partial charge in [0.1, 0.15) is 63.1 Å². The van der Waals surface area contributed by atoms with Crippen LogP contribution in [-0.4, -0.2) is 282 Å². The van der Waals surface area contributed by atoms with Gasteiger partial charge in [0.05, 0.1) is 24.3 Å². The molecule has 5 aliphatic rings. The highest BCUT2D eigenvalue weighted by atomic mass is 16.8. The van der Waals surface area contributed by atoms with Gasteiger partial charge in [-0.1, -0.05) is 66.7 Å². The van der Waals surface area contributed by atoms with Gasteiger partial charge >= 0.3 is 95.5 Å². The van der Waals surface area contributed by atoms with Crippen molar-refractivity contribution in [3.63, 3.8) is 0 Å². The topological polar surface area (TPSA) is 513 Å². The minimum Gasteiger partial charge on any atom is -0.463 e. The van der Waals surface area contributed by atoms with E-state index in [1.54, 1.807) is 36.4 Å². The molecule has 5 heterocycles. The Kier molecular flexibility index (Phi) is 35.3. The molecule has 3 aromatic rings. The Balaban J connectivity index is 1.42. The third-order valence-corrected chi connectivity index (χ3v) is 17.8. The molecule has 0 unspecified atom stereocenters. The number of hydrogen-bond donors (Lipinski definition) is 0. The van der Waals surface area contributed by atoms with Crippen LogP contribution in [0.1, 0.15) is 123 Å². The molecule has 121 heavy (non-hydrogen) atoms. The molecule has 42 heteroatoms. The van der Waals surface area contributed by atoms with Crippen LogP contribution in [0.3, 0.4) is 0 Å². The zero-order valence-corrected chi connectivity index (χ0v) is 68.0. The second-order valence-corrected chi connectivity index (χ2v) is 27.6. The lowest BCUT2D eigenvalue weighted by Gasteiger charge is -2.51. The Bertz CT molecular complexity index is 4120. The van der Waals surface area contributed by atoms with E-state index in [9.17, 15) is 67.1 Å². The second kappa shape index (κ2) is 44.9. The highest BCUT2D eigenvalue weighted by molar-refractivity contribution is 5.90. The van der Waals surface area contributed by atoms with Crippen molar-refractivity contribution in [3.05, 3.63) is 108 Å². The number of rotatable bonds is 34. The van der Waals surface area contributed by atoms with E-state index in [4.69, 9.17) is 123 Å². The SMILES string of the molecule is CC(=O)OC[C@H]1O[C@H](O[C@@H]2[C@@H](OC[C@H]3O[C@H](OCc4ccccc4)[C@@H](OC(=O)c4ccccc4)[C@@H](O[C@H]4O[C@H](COC(C)=O)[C@@H](OC(C)=O)[C@H](OC(C)=O)[C@@H]4O[C@H]4O[C@H](COC(C)=O)[C@@H](OC(C)=O)[C@H](OC(C)=O)[C@@H]4OC(C)=O)[C@@H]3OC(=O)c3ccccc3)O[C@H](COC(C)=O)[C@@H](OC(C)=O)[C@@H]2OC(C)=O)[C@@H](OC(C)=O)[C@@H](OC(C)=O)[C@@H]1OC(C)=O. The predicted molar refractivity (Wildman–Crippen MR) is 388 cm³/mol. The molecular weight excluding hydrogens is 1620 g/mol. The molecular formula is C79H94O42. The van der Waals surface area contributed by atoms with Gasteiger partial charge in [-0.3, -0.25) is 67.1 Å². The summed E-state index contributed by atoms with van der Waals surface area (Å²) in [7, 11) is 0. The van der Waals surface area contributed by atoms with Crippen molar-refractivity contribution in [2.45, 2.75) is 257 Å². The molecule has 5 saturated heterocycles. The van der Waals surface area contributed by atoms with Crippen LogP contribution in [-0.2, 0) is 197 Å². The zero-order valence-electron chi connectivity index (χ0n) is 68.0. The lowest BCUT2D eigenvalue weighted by molar-refractivity contribution is -0.392. The number of hydrogen-bond acceptors (Lipinski definition) is 42. The third-order valence-electron chi connectivity index (χ3n) is 17.8. The summed E-state index contributed by atoms with van der Waals surface area (Å²) in [5.74, 6) is -17.4. The summed E-state index contributed by atoms with van der Waals surface area (Å²) in [4.78, 5) is 215. The van der Waals surface area contributed by atoms with Crippen molar-refractivity contribution in [2.24, 2.45) is 0 Å². The van der Waals surface area contributed by atoms with E-state index in [2.05, 4.69) is 0 Å². The highest BCUT2D eigenvalue weighted by Gasteiger charge is 2.63. The summed E-state index contributed by atoms with van der Waals surface area (Å²) in [5.41, 5.74) is 0.0182. The first kappa shape index (κ1) is 95.3. The van der Waals surface area contributed by atoms with Gasteiger partial charge in [-0.2, -0.15) is 0 Å². The fraction of sp³-hybridized carbons (Fsp3) is 0.570. The summed E-state index contributed by atoms with van der Waals surface area (Å²) in [5, 5.41) is 0. The standard InChI is InChI=1S/C79H94O42/c1-36(80)96-31-53-58(102-40(5)84)63(106-44(9)88)69(120-77-70(110-48(13)92)64(107-45(10)89)59(103-41(6)85)54(114-77)32-97-37(2)81)76(112-53)101-35-57-62(117-73(94)51-26-20-16-21-27-51)67(68(118-74(95)52-28-22-17-23-29-52)75(113-57)100-30-50-24-18-15-19-25-50)119-79-72(66(109-47(12)91)61(105-43(8)87)56(116-79)34-99-39(4)83)121-78-71(111-49(14)93)65(108-46(11)90)60(104-42(7)86)55(115-78)33-98-38(3)82/h15-29,53-72,75-79H,30-35H2,1-14H3/t53-,54-,55-,56-,57-,58-,59-,60-,61-,62-,63+,64+,65+,66+,67+,68+,69+,70+,71+,72+,75+,76+,77-,78-,79-/m1/s1. The van der Waals surface area contributed by atoms with Gasteiger partial charge < -0.3 is 123 Å². The van der Waals surface area contributed by atoms with Crippen LogP contribution in [0.5, 0.6) is 0 Å². The fourth-order valence-corrected chi connectivity index (χ4v) is 13.4. The molecule has 0 spiro atoms. The summed E-state index contributed by atoms with van der Waals surface area (Å²) in [6, 6.07) is 22.3. The lowest BCUT2D eigenvalue weighted by atomic mass is 9.95. The lowest BCUT2D eigenvalue weighted by Crippen LogP contribution is -2.69. The largest absolute Gasteiger partial charge is 0.463 e. The van der Waals surface area contributed by atoms with Crippen LogP contribution in [0.2, 0.25) is 0 Å². The maximum absolute atomic E-state index is 15.4. The van der Waals surface area contributed by atoms with Crippen LogP contribution < -0.4 is 0 Å². The molecule has 42 nitrogen and oxygen atoms in total. The Morgan fingerprint density at radius 2 is 0.446 bits per heavy atom. The van der Waals surface area contributed by atoms with Gasteiger partial charge in [-0.25, -0.2) is 9.59 Å². The fourth-order valence-electron chi connectivity index (χ4n) is 13.4. The van der Waals surface area contributed by atoms with Crippen LogP contribution in [0.4, 0.5) is 0 Å². The highest BCUT2D eigenvalue weighted by Crippen LogP contribution is 2.42. The predicted octanol–water partition coefficient (Wildman–Crippen LogP) is 2.02. The molecule has 0 radical (unpaired) electrons. The van der Waals surface area contributed by atoms with Gasteiger partial charge in [0.15, 0.2) is 117 Å². The smallest absolute Gasteiger partial charge is 0.338 e. The molecule has 25 atom stereocenters. The van der Waals surface area contributed by atoms with E-state index < -0.39 is 289 Å². The van der Waals surface area contributed by atoms with E-state index in [1.807, 2.05) is 0 Å². The van der Waals surface area contributed by atoms with Crippen molar-refractivity contribution in [3.8, 4) is 0 Å². The minimum absolute atomic E-state index is 0.166. The molecule has 0 aliphatic carbocycles. The van der Waals surface area contributed by atoms with E-state index >= 15 is 9.59 Å².